The van der Waals surface area contributed by atoms with E-state index in [1.807, 2.05) is 16.7 Å². The van der Waals surface area contributed by atoms with E-state index in [0.29, 0.717) is 17.5 Å². The average Bonchev–Trinajstić information content (AvgIpc) is 3.10. The van der Waals surface area contributed by atoms with E-state index in [-0.39, 0.29) is 23.0 Å². The van der Waals surface area contributed by atoms with Gasteiger partial charge in [-0.1, -0.05) is 30.0 Å². The van der Waals surface area contributed by atoms with Gasteiger partial charge in [0.25, 0.3) is 5.69 Å². The number of nitro groups is 1. The molecule has 0 spiro atoms. The number of aromatic nitrogens is 4. The number of amides is 1. The first kappa shape index (κ1) is 19.2. The summed E-state index contributed by atoms with van der Waals surface area (Å²) in [5.74, 6) is 0.291. The molecule has 0 aliphatic rings. The SMILES string of the molecule is C=CCn1c(SCC(=O)Nc2ccccc2[N+](=O)[O-])nnc1-c1ccncc1. The molecule has 0 saturated heterocycles. The Kier molecular flexibility index (Phi) is 6.12. The zero-order chi connectivity index (χ0) is 19.9. The number of nitrogens with zero attached hydrogens (tertiary/aromatic N) is 5. The first-order valence-corrected chi connectivity index (χ1v) is 9.19. The molecule has 1 N–H and O–H groups in total. The summed E-state index contributed by atoms with van der Waals surface area (Å²) in [7, 11) is 0. The normalized spacial score (nSPS) is 10.4. The van der Waals surface area contributed by atoms with Crippen LogP contribution in [-0.2, 0) is 11.3 Å². The summed E-state index contributed by atoms with van der Waals surface area (Å²) in [6.07, 6.45) is 5.04. The lowest BCUT2D eigenvalue weighted by Gasteiger charge is -2.08. The van der Waals surface area contributed by atoms with Crippen molar-refractivity contribution in [2.45, 2.75) is 11.7 Å². The van der Waals surface area contributed by atoms with Gasteiger partial charge in [0, 0.05) is 30.6 Å². The van der Waals surface area contributed by atoms with Gasteiger partial charge < -0.3 is 5.32 Å². The van der Waals surface area contributed by atoms with E-state index in [1.54, 1.807) is 30.6 Å². The van der Waals surface area contributed by atoms with Crippen molar-refractivity contribution in [3.8, 4) is 11.4 Å². The lowest BCUT2D eigenvalue weighted by atomic mass is 10.2. The van der Waals surface area contributed by atoms with Crippen LogP contribution in [0.25, 0.3) is 11.4 Å². The summed E-state index contributed by atoms with van der Waals surface area (Å²) in [5.41, 5.74) is 0.847. The first-order valence-electron chi connectivity index (χ1n) is 8.20. The van der Waals surface area contributed by atoms with Crippen molar-refractivity contribution < 1.29 is 9.72 Å². The molecule has 2 aromatic heterocycles. The number of anilines is 1. The van der Waals surface area contributed by atoms with Crippen molar-refractivity contribution in [3.05, 3.63) is 71.6 Å². The van der Waals surface area contributed by atoms with Gasteiger partial charge in [-0.2, -0.15) is 0 Å². The zero-order valence-corrected chi connectivity index (χ0v) is 15.5. The van der Waals surface area contributed by atoms with E-state index in [9.17, 15) is 14.9 Å². The maximum atomic E-state index is 12.3. The van der Waals surface area contributed by atoms with E-state index >= 15 is 0 Å². The van der Waals surface area contributed by atoms with Gasteiger partial charge in [-0.3, -0.25) is 24.5 Å². The fourth-order valence-corrected chi connectivity index (χ4v) is 3.21. The van der Waals surface area contributed by atoms with E-state index in [1.165, 1.54) is 23.9 Å². The second-order valence-electron chi connectivity index (χ2n) is 5.55. The summed E-state index contributed by atoms with van der Waals surface area (Å²) in [4.78, 5) is 26.8. The third kappa shape index (κ3) is 4.41. The van der Waals surface area contributed by atoms with Gasteiger partial charge in [-0.15, -0.1) is 16.8 Å². The number of thioether (sulfide) groups is 1. The lowest BCUT2D eigenvalue weighted by Crippen LogP contribution is -2.15. The fraction of sp³-hybridized carbons (Fsp3) is 0.111. The number of para-hydroxylation sites is 2. The number of benzene rings is 1. The average molecular weight is 396 g/mol. The first-order chi connectivity index (χ1) is 13.6. The van der Waals surface area contributed by atoms with Crippen molar-refractivity contribution in [2.24, 2.45) is 0 Å². The van der Waals surface area contributed by atoms with Gasteiger partial charge in [0.15, 0.2) is 11.0 Å². The van der Waals surface area contributed by atoms with Crippen LogP contribution in [0.4, 0.5) is 11.4 Å². The number of carbonyl (C=O) groups excluding carboxylic acids is 1. The summed E-state index contributed by atoms with van der Waals surface area (Å²) in [6.45, 7) is 4.22. The van der Waals surface area contributed by atoms with Crippen LogP contribution in [0.1, 0.15) is 0 Å². The lowest BCUT2D eigenvalue weighted by molar-refractivity contribution is -0.383. The molecule has 9 nitrogen and oxygen atoms in total. The Balaban J connectivity index is 1.73. The fourth-order valence-electron chi connectivity index (χ4n) is 2.46. The molecule has 1 aromatic carbocycles. The number of nitro benzene ring substituents is 1. The van der Waals surface area contributed by atoms with Gasteiger partial charge in [0.2, 0.25) is 5.91 Å². The minimum Gasteiger partial charge on any atom is -0.320 e. The Bertz CT molecular complexity index is 1010. The molecule has 2 heterocycles. The Morgan fingerprint density at radius 3 is 2.71 bits per heavy atom. The monoisotopic (exact) mass is 396 g/mol. The predicted molar refractivity (Wildman–Crippen MR) is 106 cm³/mol. The molecule has 1 amide bonds. The third-order valence-corrected chi connectivity index (χ3v) is 4.64. The predicted octanol–water partition coefficient (Wildman–Crippen LogP) is 3.17. The van der Waals surface area contributed by atoms with Crippen molar-refractivity contribution in [1.82, 2.24) is 19.7 Å². The maximum Gasteiger partial charge on any atom is 0.292 e. The molecule has 3 rings (SSSR count). The molecule has 0 radical (unpaired) electrons. The smallest absolute Gasteiger partial charge is 0.292 e. The van der Waals surface area contributed by atoms with Gasteiger partial charge in [0.05, 0.1) is 10.7 Å². The molecule has 28 heavy (non-hydrogen) atoms. The molecule has 0 fully saturated rings. The summed E-state index contributed by atoms with van der Waals surface area (Å²) < 4.78 is 1.84. The number of carbonyl (C=O) groups is 1. The Hall–Kier alpha value is -3.53. The second-order valence-corrected chi connectivity index (χ2v) is 6.49. The molecule has 142 valence electrons. The topological polar surface area (TPSA) is 116 Å². The second kappa shape index (κ2) is 8.91. The minimum atomic E-state index is -0.537. The highest BCUT2D eigenvalue weighted by atomic mass is 32.2. The molecule has 0 aliphatic carbocycles. The summed E-state index contributed by atoms with van der Waals surface area (Å²) in [6, 6.07) is 9.63. The van der Waals surface area contributed by atoms with Gasteiger partial charge in [0.1, 0.15) is 5.69 Å². The molecule has 3 aromatic rings. The Morgan fingerprint density at radius 2 is 2.00 bits per heavy atom. The van der Waals surface area contributed by atoms with Crippen molar-refractivity contribution in [1.29, 1.82) is 0 Å². The van der Waals surface area contributed by atoms with Gasteiger partial charge >= 0.3 is 0 Å². The standard InChI is InChI=1S/C18H16N6O3S/c1-2-11-23-17(13-7-9-19-10-8-13)21-22-18(23)28-12-16(25)20-14-5-3-4-6-15(14)24(26)27/h2-10H,1,11-12H2,(H,20,25). The van der Waals surface area contributed by atoms with Crippen molar-refractivity contribution >= 4 is 29.0 Å². The number of hydrogen-bond acceptors (Lipinski definition) is 7. The minimum absolute atomic E-state index is 0.0255. The van der Waals surface area contributed by atoms with Gasteiger partial charge in [-0.25, -0.2) is 0 Å². The molecule has 0 saturated carbocycles. The van der Waals surface area contributed by atoms with E-state index < -0.39 is 4.92 Å². The van der Waals surface area contributed by atoms with E-state index in [4.69, 9.17) is 0 Å². The summed E-state index contributed by atoms with van der Waals surface area (Å²) >= 11 is 1.19. The number of hydrogen-bond donors (Lipinski definition) is 1. The van der Waals surface area contributed by atoms with Crippen LogP contribution in [0.2, 0.25) is 0 Å². The van der Waals surface area contributed by atoms with Crippen LogP contribution >= 0.6 is 11.8 Å². The third-order valence-electron chi connectivity index (χ3n) is 3.67. The summed E-state index contributed by atoms with van der Waals surface area (Å²) in [5, 5.41) is 22.5. The van der Waals surface area contributed by atoms with Crippen molar-refractivity contribution in [2.75, 3.05) is 11.1 Å². The maximum absolute atomic E-state index is 12.3. The quantitative estimate of drug-likeness (QED) is 0.269. The van der Waals surface area contributed by atoms with Crippen molar-refractivity contribution in [3.63, 3.8) is 0 Å². The van der Waals surface area contributed by atoms with Crippen LogP contribution in [-0.4, -0.2) is 36.3 Å². The van der Waals surface area contributed by atoms with Crippen LogP contribution in [0, 0.1) is 10.1 Å². The Morgan fingerprint density at radius 1 is 1.25 bits per heavy atom. The highest BCUT2D eigenvalue weighted by Crippen LogP contribution is 2.26. The number of allylic oxidation sites excluding steroid dienone is 1. The number of rotatable bonds is 8. The number of pyridine rings is 1. The van der Waals surface area contributed by atoms with E-state index in [0.717, 1.165) is 5.56 Å². The zero-order valence-electron chi connectivity index (χ0n) is 14.7. The van der Waals surface area contributed by atoms with Crippen LogP contribution in [0.5, 0.6) is 0 Å². The highest BCUT2D eigenvalue weighted by Gasteiger charge is 2.17. The van der Waals surface area contributed by atoms with Gasteiger partial charge in [-0.05, 0) is 18.2 Å². The largest absolute Gasteiger partial charge is 0.320 e. The number of nitrogens with one attached hydrogen (secondary N) is 1. The molecule has 0 aliphatic heterocycles. The molecular formula is C18H16N6O3S. The van der Waals surface area contributed by atoms with Crippen LogP contribution < -0.4 is 5.32 Å². The molecule has 0 atom stereocenters. The molecule has 10 heteroatoms. The molecular weight excluding hydrogens is 380 g/mol. The van der Waals surface area contributed by atoms with Crippen LogP contribution in [0.15, 0.2) is 66.6 Å². The highest BCUT2D eigenvalue weighted by molar-refractivity contribution is 7.99. The Labute approximate surface area is 164 Å². The van der Waals surface area contributed by atoms with Crippen LogP contribution in [0.3, 0.4) is 0 Å². The molecule has 0 unspecified atom stereocenters. The molecule has 0 bridgehead atoms. The van der Waals surface area contributed by atoms with E-state index in [2.05, 4.69) is 27.1 Å².